The Labute approximate surface area is 137 Å². The van der Waals surface area contributed by atoms with E-state index < -0.39 is 0 Å². The van der Waals surface area contributed by atoms with Crippen LogP contribution in [0.1, 0.15) is 64.2 Å². The number of carbonyl (C=O) groups is 2. The van der Waals surface area contributed by atoms with E-state index in [1.165, 1.54) is 6.33 Å². The van der Waals surface area contributed by atoms with Crippen molar-refractivity contribution in [2.24, 2.45) is 0 Å². The number of nitrogens with zero attached hydrogens (tertiary/aromatic N) is 4. The van der Waals surface area contributed by atoms with Gasteiger partial charge in [-0.1, -0.05) is 13.3 Å². The third-order valence-electron chi connectivity index (χ3n) is 4.13. The first-order valence-corrected chi connectivity index (χ1v) is 8.56. The lowest BCUT2D eigenvalue weighted by Crippen LogP contribution is -2.36. The molecule has 23 heavy (non-hydrogen) atoms. The largest absolute Gasteiger partial charge is 0.346 e. The van der Waals surface area contributed by atoms with Crippen LogP contribution in [0.3, 0.4) is 0 Å². The Bertz CT molecular complexity index is 528. The molecule has 2 rings (SSSR count). The number of likely N-dealkylation sites (tertiary alicyclic amines) is 1. The highest BCUT2D eigenvalue weighted by Gasteiger charge is 2.19. The molecule has 1 atom stereocenters. The second-order valence-corrected chi connectivity index (χ2v) is 6.07. The van der Waals surface area contributed by atoms with Crippen molar-refractivity contribution < 1.29 is 9.59 Å². The van der Waals surface area contributed by atoms with Gasteiger partial charge in [0.2, 0.25) is 11.8 Å². The number of hydrogen-bond acceptors (Lipinski definition) is 4. The van der Waals surface area contributed by atoms with Crippen molar-refractivity contribution in [1.82, 2.24) is 25.0 Å². The van der Waals surface area contributed by atoms with Gasteiger partial charge >= 0.3 is 0 Å². The number of aryl methyl sites for hydroxylation is 1. The summed E-state index contributed by atoms with van der Waals surface area (Å²) in [6.45, 7) is 6.04. The van der Waals surface area contributed by atoms with Crippen molar-refractivity contribution in [3.05, 3.63) is 12.2 Å². The molecule has 0 unspecified atom stereocenters. The maximum Gasteiger partial charge on any atom is 0.222 e. The van der Waals surface area contributed by atoms with Crippen LogP contribution in [-0.4, -0.2) is 44.6 Å². The molecule has 1 saturated heterocycles. The molecule has 7 nitrogen and oxygen atoms in total. The number of nitrogens with one attached hydrogen (secondary N) is 1. The predicted octanol–water partition coefficient (Wildman–Crippen LogP) is 1.66. The number of carbonyl (C=O) groups excluding carboxylic acids is 2. The van der Waals surface area contributed by atoms with Gasteiger partial charge in [0.1, 0.15) is 12.2 Å². The van der Waals surface area contributed by atoms with Crippen molar-refractivity contribution in [3.63, 3.8) is 0 Å². The monoisotopic (exact) mass is 321 g/mol. The summed E-state index contributed by atoms with van der Waals surface area (Å²) in [5.41, 5.74) is 0. The van der Waals surface area contributed by atoms with Crippen molar-refractivity contribution in [2.75, 3.05) is 13.1 Å². The molecular formula is C16H27N5O2. The van der Waals surface area contributed by atoms with E-state index in [0.29, 0.717) is 19.4 Å². The minimum atomic E-state index is -0.184. The van der Waals surface area contributed by atoms with Gasteiger partial charge in [-0.2, -0.15) is 5.10 Å². The highest BCUT2D eigenvalue weighted by molar-refractivity contribution is 5.79. The molecule has 2 heterocycles. The Morgan fingerprint density at radius 3 is 2.96 bits per heavy atom. The molecule has 0 bridgehead atoms. The maximum atomic E-state index is 12.1. The van der Waals surface area contributed by atoms with Crippen LogP contribution in [0.5, 0.6) is 0 Å². The van der Waals surface area contributed by atoms with Crippen LogP contribution in [0.15, 0.2) is 6.33 Å². The number of rotatable bonds is 7. The summed E-state index contributed by atoms with van der Waals surface area (Å²) >= 11 is 0. The number of aromatic nitrogens is 3. The molecule has 2 amide bonds. The fourth-order valence-electron chi connectivity index (χ4n) is 2.88. The molecule has 128 valence electrons. The average Bonchev–Trinajstić information content (AvgIpc) is 2.88. The van der Waals surface area contributed by atoms with Gasteiger partial charge in [-0.25, -0.2) is 9.67 Å². The van der Waals surface area contributed by atoms with Gasteiger partial charge in [0, 0.05) is 32.5 Å². The van der Waals surface area contributed by atoms with Gasteiger partial charge in [-0.05, 0) is 26.2 Å². The van der Waals surface area contributed by atoms with Gasteiger partial charge in [-0.3, -0.25) is 9.59 Å². The van der Waals surface area contributed by atoms with Gasteiger partial charge in [-0.15, -0.1) is 0 Å². The van der Waals surface area contributed by atoms with Crippen LogP contribution in [0.4, 0.5) is 0 Å². The van der Waals surface area contributed by atoms with Crippen LogP contribution >= 0.6 is 0 Å². The van der Waals surface area contributed by atoms with Crippen molar-refractivity contribution in [1.29, 1.82) is 0 Å². The molecule has 0 saturated carbocycles. The molecule has 1 N–H and O–H groups in total. The third kappa shape index (κ3) is 5.04. The lowest BCUT2D eigenvalue weighted by Gasteiger charge is -2.21. The summed E-state index contributed by atoms with van der Waals surface area (Å²) in [4.78, 5) is 30.1. The zero-order valence-electron chi connectivity index (χ0n) is 14.1. The zero-order chi connectivity index (χ0) is 16.7. The summed E-state index contributed by atoms with van der Waals surface area (Å²) in [5.74, 6) is 0.887. The summed E-state index contributed by atoms with van der Waals surface area (Å²) in [7, 11) is 0. The van der Waals surface area contributed by atoms with E-state index in [0.717, 1.165) is 44.6 Å². The van der Waals surface area contributed by atoms with Gasteiger partial charge < -0.3 is 10.2 Å². The average molecular weight is 321 g/mol. The summed E-state index contributed by atoms with van der Waals surface area (Å²) in [6.07, 6.45) is 6.52. The number of amides is 2. The summed E-state index contributed by atoms with van der Waals surface area (Å²) < 4.78 is 1.82. The molecule has 1 aliphatic rings. The molecule has 0 radical (unpaired) electrons. The van der Waals surface area contributed by atoms with Crippen LogP contribution in [0, 0.1) is 0 Å². The van der Waals surface area contributed by atoms with Crippen molar-refractivity contribution >= 4 is 11.8 Å². The van der Waals surface area contributed by atoms with Crippen LogP contribution < -0.4 is 5.32 Å². The van der Waals surface area contributed by atoms with Crippen LogP contribution in [-0.2, 0) is 16.1 Å². The van der Waals surface area contributed by atoms with E-state index in [1.54, 1.807) is 0 Å². The van der Waals surface area contributed by atoms with Gasteiger partial charge in [0.15, 0.2) is 0 Å². The molecule has 0 spiro atoms. The minimum Gasteiger partial charge on any atom is -0.346 e. The Hall–Kier alpha value is -1.92. The van der Waals surface area contributed by atoms with Crippen LogP contribution in [0.2, 0.25) is 0 Å². The summed E-state index contributed by atoms with van der Waals surface area (Å²) in [5, 5.41) is 7.13. The normalized spacial score (nSPS) is 17.0. The summed E-state index contributed by atoms with van der Waals surface area (Å²) in [6, 6.07) is -0.184. The quantitative estimate of drug-likeness (QED) is 0.828. The second kappa shape index (κ2) is 8.64. The predicted molar refractivity (Wildman–Crippen MR) is 86.5 cm³/mol. The Morgan fingerprint density at radius 1 is 1.35 bits per heavy atom. The Kier molecular flexibility index (Phi) is 6.55. The highest BCUT2D eigenvalue weighted by Crippen LogP contribution is 2.12. The van der Waals surface area contributed by atoms with Gasteiger partial charge in [0.25, 0.3) is 0 Å². The lowest BCUT2D eigenvalue weighted by molar-refractivity contribution is -0.131. The third-order valence-corrected chi connectivity index (χ3v) is 4.13. The van der Waals surface area contributed by atoms with E-state index in [2.05, 4.69) is 22.3 Å². The lowest BCUT2D eigenvalue weighted by atomic mass is 10.2. The zero-order valence-corrected chi connectivity index (χ0v) is 14.1. The van der Waals surface area contributed by atoms with Crippen LogP contribution in [0.25, 0.3) is 0 Å². The molecule has 1 fully saturated rings. The molecule has 0 aliphatic carbocycles. The SMILES string of the molecule is CCCn1ncnc1[C@H](C)NC(=O)CCN1CCCCCC1=O. The van der Waals surface area contributed by atoms with E-state index in [-0.39, 0.29) is 17.9 Å². The smallest absolute Gasteiger partial charge is 0.222 e. The Morgan fingerprint density at radius 2 is 2.17 bits per heavy atom. The standard InChI is InChI=1S/C16H27N5O2/c1-3-9-21-16(17-12-18-21)13(2)19-14(22)8-11-20-10-6-4-5-7-15(20)23/h12-13H,3-11H2,1-2H3,(H,19,22)/t13-/m0/s1. The molecule has 1 aromatic rings. The van der Waals surface area contributed by atoms with E-state index >= 15 is 0 Å². The molecule has 7 heteroatoms. The van der Waals surface area contributed by atoms with E-state index in [9.17, 15) is 9.59 Å². The van der Waals surface area contributed by atoms with Gasteiger partial charge in [0.05, 0.1) is 6.04 Å². The highest BCUT2D eigenvalue weighted by atomic mass is 16.2. The first-order chi connectivity index (χ1) is 11.1. The fraction of sp³-hybridized carbons (Fsp3) is 0.750. The van der Waals surface area contributed by atoms with Crippen molar-refractivity contribution in [3.8, 4) is 0 Å². The Balaban J connectivity index is 1.81. The molecule has 1 aliphatic heterocycles. The first-order valence-electron chi connectivity index (χ1n) is 8.56. The molecule has 0 aromatic carbocycles. The fourth-order valence-corrected chi connectivity index (χ4v) is 2.88. The first kappa shape index (κ1) is 17.4. The topological polar surface area (TPSA) is 80.1 Å². The molecule has 1 aromatic heterocycles. The number of hydrogen-bond donors (Lipinski definition) is 1. The maximum absolute atomic E-state index is 12.1. The molecular weight excluding hydrogens is 294 g/mol. The van der Waals surface area contributed by atoms with E-state index in [4.69, 9.17) is 0 Å². The minimum absolute atomic E-state index is 0.0550. The van der Waals surface area contributed by atoms with Crippen molar-refractivity contribution in [2.45, 2.75) is 65.0 Å². The second-order valence-electron chi connectivity index (χ2n) is 6.07. The van der Waals surface area contributed by atoms with E-state index in [1.807, 2.05) is 16.5 Å².